The van der Waals surface area contributed by atoms with Crippen molar-refractivity contribution in [1.29, 1.82) is 0 Å². The number of rotatable bonds is 4. The monoisotopic (exact) mass is 224 g/mol. The first kappa shape index (κ1) is 14.4. The summed E-state index contributed by atoms with van der Waals surface area (Å²) >= 11 is 0. The fraction of sp³-hybridized carbons (Fsp3) is 1.00. The van der Waals surface area contributed by atoms with E-state index >= 15 is 0 Å². The van der Waals surface area contributed by atoms with Crippen LogP contribution in [0.5, 0.6) is 0 Å². The van der Waals surface area contributed by atoms with Crippen molar-refractivity contribution in [3.05, 3.63) is 0 Å². The van der Waals surface area contributed by atoms with Crippen LogP contribution in [0, 0.1) is 0 Å². The fourth-order valence-electron chi connectivity index (χ4n) is 0.129. The second-order valence-electron chi connectivity index (χ2n) is 1.05. The first-order valence-electron chi connectivity index (χ1n) is 1.76. The topological polar surface area (TPSA) is 89.3 Å². The molecule has 0 aliphatic heterocycles. The molecule has 0 aromatic rings. The van der Waals surface area contributed by atoms with Gasteiger partial charge in [0, 0.05) is 0 Å². The molecule has 0 aliphatic rings. The summed E-state index contributed by atoms with van der Waals surface area (Å²) in [6, 6.07) is 0. The summed E-state index contributed by atoms with van der Waals surface area (Å²) < 4.78 is 28.6. The molecule has 0 fully saturated rings. The first-order chi connectivity index (χ1) is 4.24. The van der Waals surface area contributed by atoms with Crippen LogP contribution in [0.3, 0.4) is 0 Å². The zero-order chi connectivity index (χ0) is 7.33. The fourth-order valence-corrected chi connectivity index (χ4v) is 0.687. The van der Waals surface area contributed by atoms with Gasteiger partial charge in [0.15, 0.2) is 0 Å². The maximum absolute atomic E-state index is 10.1. The van der Waals surface area contributed by atoms with E-state index in [1.165, 1.54) is 0 Å². The third kappa shape index (κ3) is 4.03. The SMILES string of the molecule is NNC(P=O)(P=O)P=O.[H-].[K+]. The molecular formula is CH4KN2O3P3. The Bertz CT molecular complexity index is 125. The molecule has 0 saturated carbocycles. The molecule has 0 radical (unpaired) electrons. The van der Waals surface area contributed by atoms with Crippen LogP contribution in [-0.4, -0.2) is 4.76 Å². The van der Waals surface area contributed by atoms with E-state index in [4.69, 9.17) is 5.84 Å². The molecule has 0 spiro atoms. The third-order valence-electron chi connectivity index (χ3n) is 0.576. The minimum atomic E-state index is -1.56. The van der Waals surface area contributed by atoms with Crippen molar-refractivity contribution in [2.75, 3.05) is 0 Å². The summed E-state index contributed by atoms with van der Waals surface area (Å²) in [4.78, 5) is 0. The molecule has 0 heterocycles. The zero-order valence-electron chi connectivity index (χ0n) is 6.14. The first-order valence-corrected chi connectivity index (χ1v) is 4.19. The van der Waals surface area contributed by atoms with E-state index in [-0.39, 0.29) is 52.8 Å². The van der Waals surface area contributed by atoms with Crippen LogP contribution in [0.25, 0.3) is 0 Å². The Labute approximate surface area is 106 Å². The van der Waals surface area contributed by atoms with Crippen LogP contribution in [0.1, 0.15) is 1.43 Å². The predicted octanol–water partition coefficient (Wildman–Crippen LogP) is -1.95. The van der Waals surface area contributed by atoms with Gasteiger partial charge in [-0.25, -0.2) is 5.43 Å². The number of hydrogen-bond donors (Lipinski definition) is 2. The molecule has 5 nitrogen and oxygen atoms in total. The van der Waals surface area contributed by atoms with Gasteiger partial charge in [0.2, 0.25) is 25.4 Å². The summed E-state index contributed by atoms with van der Waals surface area (Å²) in [7, 11) is -1.70. The molecule has 0 aliphatic carbocycles. The standard InChI is InChI=1S/CH3N2O3P3.K.H/c2-3-1(7-4,8-5)9-6;;/h3H,2H2;;/q;+1;-1. The zero-order valence-corrected chi connectivity index (χ0v) is 11.0. The van der Waals surface area contributed by atoms with E-state index in [0.29, 0.717) is 0 Å². The molecular weight excluding hydrogens is 220 g/mol. The Morgan fingerprint density at radius 2 is 1.50 bits per heavy atom. The van der Waals surface area contributed by atoms with Gasteiger partial charge in [-0.05, 0) is 0 Å². The maximum Gasteiger partial charge on any atom is 1.00 e. The van der Waals surface area contributed by atoms with Crippen LogP contribution >= 0.6 is 25.4 Å². The van der Waals surface area contributed by atoms with Crippen LogP contribution < -0.4 is 62.7 Å². The smallest absolute Gasteiger partial charge is 1.00 e. The third-order valence-corrected chi connectivity index (χ3v) is 3.20. The van der Waals surface area contributed by atoms with E-state index in [0.717, 1.165) is 0 Å². The Kier molecular flexibility index (Phi) is 10.8. The molecule has 0 aromatic heterocycles. The molecule has 0 bridgehead atoms. The summed E-state index contributed by atoms with van der Waals surface area (Å²) in [6.07, 6.45) is 0. The second-order valence-corrected chi connectivity index (χ2v) is 4.67. The Balaban J connectivity index is -0.000000320. The average Bonchev–Trinajstić information content (AvgIpc) is 1.95. The van der Waals surface area contributed by atoms with E-state index in [1.807, 2.05) is 5.43 Å². The Hall–Kier alpha value is 1.86. The summed E-state index contributed by atoms with van der Waals surface area (Å²) in [5, 5.41) is 0. The van der Waals surface area contributed by atoms with Gasteiger partial charge < -0.3 is 1.43 Å². The predicted molar refractivity (Wildman–Crippen MR) is 34.0 cm³/mol. The molecule has 0 amide bonds. The van der Waals surface area contributed by atoms with Gasteiger partial charge in [-0.3, -0.25) is 19.5 Å². The van der Waals surface area contributed by atoms with Crippen molar-refractivity contribution in [1.82, 2.24) is 5.43 Å². The van der Waals surface area contributed by atoms with Crippen LogP contribution in [0.2, 0.25) is 0 Å². The van der Waals surface area contributed by atoms with Gasteiger partial charge in [-0.2, -0.15) is 0 Å². The summed E-state index contributed by atoms with van der Waals surface area (Å²) in [6.45, 7) is 0. The largest absolute Gasteiger partial charge is 1.00 e. The van der Waals surface area contributed by atoms with Gasteiger partial charge in [0.25, 0.3) is 4.76 Å². The van der Waals surface area contributed by atoms with Crippen LogP contribution in [-0.2, 0) is 13.7 Å². The normalized spacial score (nSPS) is 16.5. The van der Waals surface area contributed by atoms with Crippen LogP contribution in [0.15, 0.2) is 0 Å². The van der Waals surface area contributed by atoms with Crippen molar-refractivity contribution < 1.29 is 66.5 Å². The second kappa shape index (κ2) is 7.50. The van der Waals surface area contributed by atoms with Gasteiger partial charge in [0.05, 0.1) is 0 Å². The minimum Gasteiger partial charge on any atom is -1.00 e. The average molecular weight is 224 g/mol. The van der Waals surface area contributed by atoms with Crippen molar-refractivity contribution in [3.63, 3.8) is 0 Å². The van der Waals surface area contributed by atoms with Gasteiger partial charge in [-0.1, -0.05) is 0 Å². The Morgan fingerprint density at radius 1 is 1.20 bits per heavy atom. The molecule has 10 heavy (non-hydrogen) atoms. The van der Waals surface area contributed by atoms with E-state index < -0.39 is 30.1 Å². The van der Waals surface area contributed by atoms with E-state index in [9.17, 15) is 13.7 Å². The molecule has 9 heteroatoms. The summed E-state index contributed by atoms with van der Waals surface area (Å²) in [5.41, 5.74) is 1.89. The molecule has 0 aromatic carbocycles. The number of nitrogens with two attached hydrogens (primary N) is 1. The molecule has 0 saturated heterocycles. The van der Waals surface area contributed by atoms with Gasteiger partial charge in [-0.15, -0.1) is 0 Å². The molecule has 0 atom stereocenters. The van der Waals surface area contributed by atoms with Gasteiger partial charge in [0.1, 0.15) is 0 Å². The summed E-state index contributed by atoms with van der Waals surface area (Å²) in [5.74, 6) is 4.77. The molecule has 0 rings (SSSR count). The van der Waals surface area contributed by atoms with Crippen molar-refractivity contribution in [2.24, 2.45) is 5.84 Å². The van der Waals surface area contributed by atoms with Crippen molar-refractivity contribution >= 4 is 25.4 Å². The molecule has 3 N–H and O–H groups in total. The van der Waals surface area contributed by atoms with Crippen molar-refractivity contribution in [3.8, 4) is 0 Å². The van der Waals surface area contributed by atoms with Crippen molar-refractivity contribution in [2.45, 2.75) is 4.76 Å². The maximum atomic E-state index is 10.1. The molecule has 0 unspecified atom stereocenters. The van der Waals surface area contributed by atoms with Gasteiger partial charge >= 0.3 is 51.4 Å². The minimum absolute atomic E-state index is 0. The van der Waals surface area contributed by atoms with E-state index in [2.05, 4.69) is 0 Å². The number of hydrogen-bond acceptors (Lipinski definition) is 5. The molecule has 52 valence electrons. The van der Waals surface area contributed by atoms with E-state index in [1.54, 1.807) is 0 Å². The van der Waals surface area contributed by atoms with Crippen LogP contribution in [0.4, 0.5) is 0 Å². The Morgan fingerprint density at radius 3 is 1.50 bits per heavy atom. The quantitative estimate of drug-likeness (QED) is 0.251. The number of nitrogens with one attached hydrogen (secondary N) is 1. The number of hydrazine groups is 1.